The number of guanidine groups is 1. The van der Waals surface area contributed by atoms with Crippen LogP contribution >= 0.6 is 24.0 Å². The SMILES string of the molecule is CCNC(=NCc1ccc(CN2CCCCC2)cc1)NC1CCN(C(=O)CC)C1.I. The molecule has 2 aliphatic heterocycles. The minimum absolute atomic E-state index is 0. The van der Waals surface area contributed by atoms with E-state index in [-0.39, 0.29) is 35.9 Å². The topological polar surface area (TPSA) is 60.0 Å². The summed E-state index contributed by atoms with van der Waals surface area (Å²) in [6.07, 6.45) is 5.59. The predicted octanol–water partition coefficient (Wildman–Crippen LogP) is 3.36. The van der Waals surface area contributed by atoms with Crippen molar-refractivity contribution in [2.45, 2.75) is 65.1 Å². The lowest BCUT2D eigenvalue weighted by Crippen LogP contribution is -2.45. The van der Waals surface area contributed by atoms with E-state index < -0.39 is 0 Å². The molecule has 0 aromatic heterocycles. The third-order valence-corrected chi connectivity index (χ3v) is 5.83. The third kappa shape index (κ3) is 7.72. The van der Waals surface area contributed by atoms with Gasteiger partial charge in [0.15, 0.2) is 5.96 Å². The van der Waals surface area contributed by atoms with Crippen LogP contribution in [0.4, 0.5) is 0 Å². The van der Waals surface area contributed by atoms with Gasteiger partial charge in [0.25, 0.3) is 0 Å². The van der Waals surface area contributed by atoms with Crippen LogP contribution in [0.3, 0.4) is 0 Å². The summed E-state index contributed by atoms with van der Waals surface area (Å²) < 4.78 is 0. The van der Waals surface area contributed by atoms with E-state index in [2.05, 4.69) is 46.7 Å². The molecule has 0 radical (unpaired) electrons. The van der Waals surface area contributed by atoms with E-state index in [0.29, 0.717) is 13.0 Å². The Hall–Kier alpha value is -1.35. The van der Waals surface area contributed by atoms with E-state index in [0.717, 1.165) is 38.6 Å². The summed E-state index contributed by atoms with van der Waals surface area (Å²) in [5.41, 5.74) is 2.61. The number of carbonyl (C=O) groups excluding carboxylic acids is 1. The molecule has 0 aliphatic carbocycles. The van der Waals surface area contributed by atoms with E-state index >= 15 is 0 Å². The third-order valence-electron chi connectivity index (χ3n) is 5.83. The number of amides is 1. The molecule has 0 bridgehead atoms. The molecular weight excluding hydrogens is 489 g/mol. The van der Waals surface area contributed by atoms with Crippen molar-refractivity contribution in [2.24, 2.45) is 4.99 Å². The fourth-order valence-corrected chi connectivity index (χ4v) is 4.14. The standard InChI is InChI=1S/C23H37N5O.HI/c1-3-22(29)28-15-12-21(18-28)26-23(24-4-2)25-16-19-8-10-20(11-9-19)17-27-13-6-5-7-14-27;/h8-11,21H,3-7,12-18H2,1-2H3,(H2,24,25,26);1H. The molecule has 168 valence electrons. The number of rotatable bonds is 7. The Morgan fingerprint density at radius 3 is 2.43 bits per heavy atom. The van der Waals surface area contributed by atoms with E-state index in [1.807, 2.05) is 11.8 Å². The molecule has 1 aromatic carbocycles. The molecule has 1 atom stereocenters. The highest BCUT2D eigenvalue weighted by atomic mass is 127. The van der Waals surface area contributed by atoms with Crippen LogP contribution in [-0.2, 0) is 17.9 Å². The zero-order chi connectivity index (χ0) is 20.5. The second-order valence-electron chi connectivity index (χ2n) is 8.17. The predicted molar refractivity (Wildman–Crippen MR) is 134 cm³/mol. The number of hydrogen-bond acceptors (Lipinski definition) is 3. The van der Waals surface area contributed by atoms with Crippen LogP contribution in [0.2, 0.25) is 0 Å². The average molecular weight is 527 g/mol. The molecule has 6 nitrogen and oxygen atoms in total. The smallest absolute Gasteiger partial charge is 0.222 e. The van der Waals surface area contributed by atoms with Crippen LogP contribution in [0.15, 0.2) is 29.3 Å². The molecule has 2 saturated heterocycles. The van der Waals surface area contributed by atoms with Gasteiger partial charge < -0.3 is 15.5 Å². The van der Waals surface area contributed by atoms with Crippen LogP contribution in [-0.4, -0.2) is 60.4 Å². The van der Waals surface area contributed by atoms with Gasteiger partial charge in [0.2, 0.25) is 5.91 Å². The summed E-state index contributed by atoms with van der Waals surface area (Å²) in [4.78, 5) is 21.1. The van der Waals surface area contributed by atoms with Crippen LogP contribution < -0.4 is 10.6 Å². The highest BCUT2D eigenvalue weighted by Crippen LogP contribution is 2.14. The molecule has 2 aliphatic rings. The summed E-state index contributed by atoms with van der Waals surface area (Å²) in [5.74, 6) is 1.07. The van der Waals surface area contributed by atoms with Gasteiger partial charge in [-0.05, 0) is 50.4 Å². The van der Waals surface area contributed by atoms with Crippen molar-refractivity contribution < 1.29 is 4.79 Å². The normalized spacial score (nSPS) is 20.0. The Kier molecular flexibility index (Phi) is 10.9. The number of nitrogens with zero attached hydrogens (tertiary/aromatic N) is 3. The van der Waals surface area contributed by atoms with Gasteiger partial charge in [-0.2, -0.15) is 0 Å². The van der Waals surface area contributed by atoms with Crippen molar-refractivity contribution in [2.75, 3.05) is 32.7 Å². The first-order valence-electron chi connectivity index (χ1n) is 11.3. The van der Waals surface area contributed by atoms with Crippen LogP contribution in [0.25, 0.3) is 0 Å². The first-order chi connectivity index (χ1) is 14.2. The number of aliphatic imine (C=N–C) groups is 1. The van der Waals surface area contributed by atoms with Gasteiger partial charge >= 0.3 is 0 Å². The zero-order valence-corrected chi connectivity index (χ0v) is 20.9. The minimum atomic E-state index is 0. The monoisotopic (exact) mass is 527 g/mol. The van der Waals surface area contributed by atoms with Gasteiger partial charge in [0, 0.05) is 38.6 Å². The number of halogens is 1. The lowest BCUT2D eigenvalue weighted by Gasteiger charge is -2.26. The van der Waals surface area contributed by atoms with Crippen molar-refractivity contribution in [3.05, 3.63) is 35.4 Å². The Labute approximate surface area is 198 Å². The van der Waals surface area contributed by atoms with Crippen LogP contribution in [0.5, 0.6) is 0 Å². The highest BCUT2D eigenvalue weighted by Gasteiger charge is 2.25. The number of hydrogen-bond donors (Lipinski definition) is 2. The van der Waals surface area contributed by atoms with Gasteiger partial charge in [-0.15, -0.1) is 24.0 Å². The van der Waals surface area contributed by atoms with Gasteiger partial charge in [-0.25, -0.2) is 4.99 Å². The maximum atomic E-state index is 11.9. The van der Waals surface area contributed by atoms with E-state index in [1.54, 1.807) is 0 Å². The van der Waals surface area contributed by atoms with E-state index in [1.165, 1.54) is 43.5 Å². The Morgan fingerprint density at radius 2 is 1.77 bits per heavy atom. The maximum Gasteiger partial charge on any atom is 0.222 e. The quantitative estimate of drug-likeness (QED) is 0.325. The lowest BCUT2D eigenvalue weighted by molar-refractivity contribution is -0.129. The number of piperidine rings is 1. The second-order valence-corrected chi connectivity index (χ2v) is 8.17. The largest absolute Gasteiger partial charge is 0.357 e. The maximum absolute atomic E-state index is 11.9. The van der Waals surface area contributed by atoms with Gasteiger partial charge in [-0.1, -0.05) is 37.6 Å². The van der Waals surface area contributed by atoms with Crippen molar-refractivity contribution in [1.82, 2.24) is 20.4 Å². The second kappa shape index (κ2) is 13.1. The molecule has 2 fully saturated rings. The summed E-state index contributed by atoms with van der Waals surface area (Å²) in [7, 11) is 0. The highest BCUT2D eigenvalue weighted by molar-refractivity contribution is 14.0. The zero-order valence-electron chi connectivity index (χ0n) is 18.5. The van der Waals surface area contributed by atoms with Crippen molar-refractivity contribution >= 4 is 35.8 Å². The van der Waals surface area contributed by atoms with E-state index in [9.17, 15) is 4.79 Å². The fraction of sp³-hybridized carbons (Fsp3) is 0.652. The minimum Gasteiger partial charge on any atom is -0.357 e. The molecular formula is C23H38IN5O. The Bertz CT molecular complexity index is 673. The fourth-order valence-electron chi connectivity index (χ4n) is 4.14. The first-order valence-corrected chi connectivity index (χ1v) is 11.3. The summed E-state index contributed by atoms with van der Waals surface area (Å²) >= 11 is 0. The van der Waals surface area contributed by atoms with Gasteiger partial charge in [0.1, 0.15) is 0 Å². The molecule has 7 heteroatoms. The first kappa shape index (κ1) is 24.9. The summed E-state index contributed by atoms with van der Waals surface area (Å²) in [5, 5.41) is 6.83. The average Bonchev–Trinajstić information content (AvgIpc) is 3.22. The number of likely N-dealkylation sites (tertiary alicyclic amines) is 2. The molecule has 0 spiro atoms. The van der Waals surface area contributed by atoms with Gasteiger partial charge in [-0.3, -0.25) is 9.69 Å². The molecule has 1 unspecified atom stereocenters. The molecule has 0 saturated carbocycles. The van der Waals surface area contributed by atoms with Crippen molar-refractivity contribution in [1.29, 1.82) is 0 Å². The molecule has 2 heterocycles. The van der Waals surface area contributed by atoms with Crippen LogP contribution in [0, 0.1) is 0 Å². The molecule has 3 rings (SSSR count). The number of carbonyl (C=O) groups is 1. The van der Waals surface area contributed by atoms with Crippen molar-refractivity contribution in [3.63, 3.8) is 0 Å². The summed E-state index contributed by atoms with van der Waals surface area (Å²) in [6.45, 7) is 10.6. The Morgan fingerprint density at radius 1 is 1.07 bits per heavy atom. The summed E-state index contributed by atoms with van der Waals surface area (Å²) in [6, 6.07) is 9.15. The lowest BCUT2D eigenvalue weighted by atomic mass is 10.1. The van der Waals surface area contributed by atoms with Gasteiger partial charge in [0.05, 0.1) is 6.54 Å². The number of nitrogens with one attached hydrogen (secondary N) is 2. The number of benzene rings is 1. The molecule has 2 N–H and O–H groups in total. The molecule has 1 amide bonds. The molecule has 30 heavy (non-hydrogen) atoms. The van der Waals surface area contributed by atoms with Crippen molar-refractivity contribution in [3.8, 4) is 0 Å². The Balaban J connectivity index is 0.00000320. The van der Waals surface area contributed by atoms with E-state index in [4.69, 9.17) is 4.99 Å². The molecule has 1 aromatic rings. The van der Waals surface area contributed by atoms with Crippen LogP contribution in [0.1, 0.15) is 57.1 Å².